The summed E-state index contributed by atoms with van der Waals surface area (Å²) < 4.78 is 5.30. The summed E-state index contributed by atoms with van der Waals surface area (Å²) in [6.45, 7) is 2.66. The largest absolute Gasteiger partial charge is 0.484 e. The average molecular weight is 321 g/mol. The van der Waals surface area contributed by atoms with Crippen molar-refractivity contribution in [1.82, 2.24) is 5.32 Å². The quantitative estimate of drug-likeness (QED) is 0.818. The van der Waals surface area contributed by atoms with E-state index in [0.717, 1.165) is 6.42 Å². The SMILES string of the molecule is CCC(Br)CNC(=O)COc1cccc(Cl)c1. The van der Waals surface area contributed by atoms with Crippen molar-refractivity contribution in [3.8, 4) is 5.75 Å². The Kier molecular flexibility index (Phi) is 6.37. The van der Waals surface area contributed by atoms with Gasteiger partial charge in [-0.1, -0.05) is 40.5 Å². The van der Waals surface area contributed by atoms with Crippen LogP contribution >= 0.6 is 27.5 Å². The maximum atomic E-state index is 11.4. The van der Waals surface area contributed by atoms with Gasteiger partial charge < -0.3 is 10.1 Å². The zero-order chi connectivity index (χ0) is 12.7. The zero-order valence-corrected chi connectivity index (χ0v) is 11.9. The normalized spacial score (nSPS) is 11.9. The molecule has 5 heteroatoms. The summed E-state index contributed by atoms with van der Waals surface area (Å²) in [7, 11) is 0. The summed E-state index contributed by atoms with van der Waals surface area (Å²) in [5, 5.41) is 3.37. The molecule has 1 aromatic rings. The number of amides is 1. The molecule has 0 saturated carbocycles. The van der Waals surface area contributed by atoms with Crippen LogP contribution in [0.25, 0.3) is 0 Å². The standard InChI is InChI=1S/C12H15BrClNO2/c1-2-9(13)7-15-12(16)8-17-11-5-3-4-10(14)6-11/h3-6,9H,2,7-8H2,1H3,(H,15,16). The molecule has 3 nitrogen and oxygen atoms in total. The smallest absolute Gasteiger partial charge is 0.257 e. The van der Waals surface area contributed by atoms with Gasteiger partial charge in [0.25, 0.3) is 5.91 Å². The summed E-state index contributed by atoms with van der Waals surface area (Å²) in [6.07, 6.45) is 0.968. The second-order valence-electron chi connectivity index (χ2n) is 3.56. The van der Waals surface area contributed by atoms with Crippen LogP contribution in [0.4, 0.5) is 0 Å². The molecule has 1 N–H and O–H groups in total. The van der Waals surface area contributed by atoms with Crippen LogP contribution in [0, 0.1) is 0 Å². The molecule has 1 unspecified atom stereocenters. The fourth-order valence-corrected chi connectivity index (χ4v) is 1.47. The first-order chi connectivity index (χ1) is 8.11. The number of halogens is 2. The lowest BCUT2D eigenvalue weighted by atomic mass is 10.3. The minimum atomic E-state index is -0.136. The summed E-state index contributed by atoms with van der Waals surface area (Å²) in [5.74, 6) is 0.460. The third kappa shape index (κ3) is 5.94. The van der Waals surface area contributed by atoms with Crippen LogP contribution < -0.4 is 10.1 Å². The molecule has 0 saturated heterocycles. The van der Waals surface area contributed by atoms with Crippen molar-refractivity contribution in [1.29, 1.82) is 0 Å². The topological polar surface area (TPSA) is 38.3 Å². The molecule has 1 amide bonds. The first kappa shape index (κ1) is 14.3. The van der Waals surface area contributed by atoms with Gasteiger partial charge in [0.1, 0.15) is 5.75 Å². The third-order valence-corrected chi connectivity index (χ3v) is 3.34. The minimum Gasteiger partial charge on any atom is -0.484 e. The lowest BCUT2D eigenvalue weighted by Crippen LogP contribution is -2.33. The van der Waals surface area contributed by atoms with Crippen LogP contribution in [-0.2, 0) is 4.79 Å². The molecule has 0 heterocycles. The molecule has 0 radical (unpaired) electrons. The molecule has 94 valence electrons. The molecular weight excluding hydrogens is 305 g/mol. The van der Waals surface area contributed by atoms with Crippen molar-refractivity contribution >= 4 is 33.4 Å². The van der Waals surface area contributed by atoms with Crippen molar-refractivity contribution in [2.24, 2.45) is 0 Å². The second kappa shape index (κ2) is 7.56. The predicted molar refractivity (Wildman–Crippen MR) is 73.0 cm³/mol. The number of nitrogens with one attached hydrogen (secondary N) is 1. The van der Waals surface area contributed by atoms with E-state index < -0.39 is 0 Å². The minimum absolute atomic E-state index is 0.00375. The number of carbonyl (C=O) groups excluding carboxylic acids is 1. The summed E-state index contributed by atoms with van der Waals surface area (Å²) in [4.78, 5) is 11.7. The lowest BCUT2D eigenvalue weighted by molar-refractivity contribution is -0.123. The van der Waals surface area contributed by atoms with E-state index in [0.29, 0.717) is 22.1 Å². The third-order valence-electron chi connectivity index (χ3n) is 2.13. The van der Waals surface area contributed by atoms with Crippen LogP contribution in [-0.4, -0.2) is 23.9 Å². The fourth-order valence-electron chi connectivity index (χ4n) is 1.13. The summed E-state index contributed by atoms with van der Waals surface area (Å²) >= 11 is 9.23. The Morgan fingerprint density at radius 3 is 3.00 bits per heavy atom. The summed E-state index contributed by atoms with van der Waals surface area (Å²) in [5.41, 5.74) is 0. The van der Waals surface area contributed by atoms with Gasteiger partial charge in [0.15, 0.2) is 6.61 Å². The van der Waals surface area contributed by atoms with E-state index in [1.165, 1.54) is 0 Å². The average Bonchev–Trinajstić information content (AvgIpc) is 2.33. The van der Waals surface area contributed by atoms with Gasteiger partial charge in [-0.15, -0.1) is 0 Å². The Bertz CT molecular complexity index is 373. The zero-order valence-electron chi connectivity index (χ0n) is 9.58. The Labute approximate surface area is 115 Å². The van der Waals surface area contributed by atoms with Gasteiger partial charge in [-0.2, -0.15) is 0 Å². The second-order valence-corrected chi connectivity index (χ2v) is 5.29. The van der Waals surface area contributed by atoms with Crippen molar-refractivity contribution in [2.75, 3.05) is 13.2 Å². The lowest BCUT2D eigenvalue weighted by Gasteiger charge is -2.10. The van der Waals surface area contributed by atoms with Crippen LogP contribution in [0.15, 0.2) is 24.3 Å². The highest BCUT2D eigenvalue weighted by Crippen LogP contribution is 2.16. The van der Waals surface area contributed by atoms with Gasteiger partial charge in [-0.3, -0.25) is 4.79 Å². The molecule has 0 fully saturated rings. The van der Waals surface area contributed by atoms with E-state index >= 15 is 0 Å². The van der Waals surface area contributed by atoms with Gasteiger partial charge in [0.2, 0.25) is 0 Å². The first-order valence-corrected chi connectivity index (χ1v) is 6.70. The maximum absolute atomic E-state index is 11.4. The number of hydrogen-bond acceptors (Lipinski definition) is 2. The molecule has 0 spiro atoms. The molecule has 1 rings (SSSR count). The van der Waals surface area contributed by atoms with Crippen molar-refractivity contribution in [3.05, 3.63) is 29.3 Å². The molecule has 1 atom stereocenters. The van der Waals surface area contributed by atoms with Crippen molar-refractivity contribution in [2.45, 2.75) is 18.2 Å². The molecule has 0 bridgehead atoms. The van der Waals surface area contributed by atoms with E-state index in [1.54, 1.807) is 24.3 Å². The number of rotatable bonds is 6. The number of ether oxygens (including phenoxy) is 1. The van der Waals surface area contributed by atoms with Gasteiger partial charge in [-0.25, -0.2) is 0 Å². The van der Waals surface area contributed by atoms with Gasteiger partial charge in [-0.05, 0) is 24.6 Å². The highest BCUT2D eigenvalue weighted by atomic mass is 79.9. The number of hydrogen-bond donors (Lipinski definition) is 1. The molecule has 1 aromatic carbocycles. The van der Waals surface area contributed by atoms with E-state index in [2.05, 4.69) is 21.2 Å². The predicted octanol–water partition coefficient (Wildman–Crippen LogP) is 3.01. The van der Waals surface area contributed by atoms with Crippen LogP contribution in [0.1, 0.15) is 13.3 Å². The van der Waals surface area contributed by atoms with Gasteiger partial charge in [0.05, 0.1) is 0 Å². The number of benzene rings is 1. The van der Waals surface area contributed by atoms with E-state index in [4.69, 9.17) is 16.3 Å². The van der Waals surface area contributed by atoms with Crippen molar-refractivity contribution in [3.63, 3.8) is 0 Å². The molecule has 0 aliphatic carbocycles. The highest BCUT2D eigenvalue weighted by Gasteiger charge is 2.05. The molecule has 0 aliphatic rings. The van der Waals surface area contributed by atoms with E-state index in [9.17, 15) is 4.79 Å². The summed E-state index contributed by atoms with van der Waals surface area (Å²) in [6, 6.07) is 6.97. The van der Waals surface area contributed by atoms with Crippen LogP contribution in [0.3, 0.4) is 0 Å². The first-order valence-electron chi connectivity index (χ1n) is 5.41. The Morgan fingerprint density at radius 1 is 1.59 bits per heavy atom. The van der Waals surface area contributed by atoms with E-state index in [1.807, 2.05) is 6.92 Å². The maximum Gasteiger partial charge on any atom is 0.257 e. The number of alkyl halides is 1. The molecule has 0 aromatic heterocycles. The van der Waals surface area contributed by atoms with Gasteiger partial charge in [0, 0.05) is 16.4 Å². The Balaban J connectivity index is 2.28. The van der Waals surface area contributed by atoms with Gasteiger partial charge >= 0.3 is 0 Å². The monoisotopic (exact) mass is 319 g/mol. The highest BCUT2D eigenvalue weighted by molar-refractivity contribution is 9.09. The fraction of sp³-hybridized carbons (Fsp3) is 0.417. The van der Waals surface area contributed by atoms with Crippen LogP contribution in [0.2, 0.25) is 5.02 Å². The Hall–Kier alpha value is -0.740. The molecule has 17 heavy (non-hydrogen) atoms. The van der Waals surface area contributed by atoms with Crippen molar-refractivity contribution < 1.29 is 9.53 Å². The molecule has 0 aliphatic heterocycles. The van der Waals surface area contributed by atoms with Crippen LogP contribution in [0.5, 0.6) is 5.75 Å². The van der Waals surface area contributed by atoms with E-state index in [-0.39, 0.29) is 12.5 Å². The Morgan fingerprint density at radius 2 is 2.35 bits per heavy atom. The number of carbonyl (C=O) groups is 1. The molecular formula is C12H15BrClNO2.